The van der Waals surface area contributed by atoms with Gasteiger partial charge in [-0.15, -0.1) is 5.54 Å². The van der Waals surface area contributed by atoms with Gasteiger partial charge >= 0.3 is 0 Å². The van der Waals surface area contributed by atoms with Crippen molar-refractivity contribution in [3.05, 3.63) is 78.4 Å². The summed E-state index contributed by atoms with van der Waals surface area (Å²) in [5.41, 5.74) is 8.72. The number of benzene rings is 2. The number of rotatable bonds is 7. The Morgan fingerprint density at radius 3 is 2.26 bits per heavy atom. The van der Waals surface area contributed by atoms with Crippen LogP contribution in [-0.4, -0.2) is 27.6 Å². The van der Waals surface area contributed by atoms with Gasteiger partial charge in [-0.05, 0) is 40.4 Å². The van der Waals surface area contributed by atoms with Crippen LogP contribution < -0.4 is 5.32 Å². The van der Waals surface area contributed by atoms with E-state index >= 15 is 0 Å². The summed E-state index contributed by atoms with van der Waals surface area (Å²) in [4.78, 5) is 13.8. The van der Waals surface area contributed by atoms with Crippen molar-refractivity contribution in [2.45, 2.75) is 64.7 Å². The smallest absolute Gasteiger partial charge is 0.237 e. The lowest BCUT2D eigenvalue weighted by molar-refractivity contribution is 0.838. The summed E-state index contributed by atoms with van der Waals surface area (Å²) < 4.78 is 1.83. The molecule has 0 spiro atoms. The fourth-order valence-electron chi connectivity index (χ4n) is 5.22. The van der Waals surface area contributed by atoms with Crippen molar-refractivity contribution in [2.24, 2.45) is 0 Å². The summed E-state index contributed by atoms with van der Waals surface area (Å²) in [6, 6.07) is 16.6. The Balaban J connectivity index is 1.78. The molecule has 4 aromatic rings. The lowest BCUT2D eigenvalue weighted by Crippen LogP contribution is -2.43. The van der Waals surface area contributed by atoms with Gasteiger partial charge in [0.1, 0.15) is 20.2 Å². The molecule has 1 N–H and O–H groups in total. The Morgan fingerprint density at radius 2 is 1.63 bits per heavy atom. The van der Waals surface area contributed by atoms with Gasteiger partial charge in [-0.2, -0.15) is 4.98 Å². The van der Waals surface area contributed by atoms with Crippen LogP contribution in [0.25, 0.3) is 16.9 Å². The number of fused-ring (bicyclic) bond motifs is 1. The molecule has 180 valence electrons. The first-order valence-corrected chi connectivity index (χ1v) is 14.7. The summed E-state index contributed by atoms with van der Waals surface area (Å²) in [5.74, 6) is 4.97. The Kier molecular flexibility index (Phi) is 7.37. The zero-order valence-corrected chi connectivity index (χ0v) is 22.6. The molecule has 5 nitrogen and oxygen atoms in total. The number of anilines is 1. The predicted molar refractivity (Wildman–Crippen MR) is 148 cm³/mol. The number of hydrogen-bond acceptors (Lipinski definition) is 4. The van der Waals surface area contributed by atoms with E-state index in [0.717, 1.165) is 22.3 Å². The number of imidazole rings is 1. The quantitative estimate of drug-likeness (QED) is 0.228. The van der Waals surface area contributed by atoms with E-state index in [9.17, 15) is 0 Å². The van der Waals surface area contributed by atoms with Crippen molar-refractivity contribution < 1.29 is 0 Å². The van der Waals surface area contributed by atoms with E-state index in [4.69, 9.17) is 9.97 Å². The fourth-order valence-corrected chi connectivity index (χ4v) is 10.4. The molecule has 0 saturated carbocycles. The minimum absolute atomic E-state index is 0.593. The van der Waals surface area contributed by atoms with E-state index < -0.39 is 8.07 Å². The molecular formula is C29H35N5Si. The molecule has 0 saturated heterocycles. The number of hydrogen-bond donors (Lipinski definition) is 1. The summed E-state index contributed by atoms with van der Waals surface area (Å²) >= 11 is 0. The van der Waals surface area contributed by atoms with E-state index in [0.29, 0.717) is 29.1 Å². The number of nitrogens with one attached hydrogen (secondary N) is 1. The van der Waals surface area contributed by atoms with Crippen LogP contribution in [0.2, 0.25) is 16.6 Å². The Labute approximate surface area is 210 Å². The van der Waals surface area contributed by atoms with Gasteiger partial charge in [-0.25, -0.2) is 9.97 Å². The average Bonchev–Trinajstić information content (AvgIpc) is 3.38. The highest BCUT2D eigenvalue weighted by Gasteiger charge is 2.41. The first-order valence-electron chi connectivity index (χ1n) is 12.4. The molecule has 0 aliphatic rings. The summed E-state index contributed by atoms with van der Waals surface area (Å²) in [7, 11) is -1.81. The predicted octanol–water partition coefficient (Wildman–Crippen LogP) is 7.00. The van der Waals surface area contributed by atoms with Crippen molar-refractivity contribution in [3.8, 4) is 17.4 Å². The molecule has 0 fully saturated rings. The van der Waals surface area contributed by atoms with Crippen molar-refractivity contribution >= 4 is 24.8 Å². The third-order valence-corrected chi connectivity index (χ3v) is 13.3. The van der Waals surface area contributed by atoms with E-state index in [1.807, 2.05) is 29.0 Å². The highest BCUT2D eigenvalue weighted by molar-refractivity contribution is 6.90. The van der Waals surface area contributed by atoms with E-state index in [1.165, 1.54) is 5.56 Å². The van der Waals surface area contributed by atoms with Gasteiger partial charge in [0.25, 0.3) is 0 Å². The molecule has 0 bridgehead atoms. The summed E-state index contributed by atoms with van der Waals surface area (Å²) in [6.45, 7) is 14.8. The molecule has 6 heteroatoms. The van der Waals surface area contributed by atoms with Crippen molar-refractivity contribution in [2.75, 3.05) is 5.32 Å². The maximum absolute atomic E-state index is 4.85. The molecule has 0 atom stereocenters. The molecule has 0 radical (unpaired) electrons. The normalized spacial score (nSPS) is 11.8. The van der Waals surface area contributed by atoms with Crippen LogP contribution in [0.3, 0.4) is 0 Å². The molecule has 4 rings (SSSR count). The van der Waals surface area contributed by atoms with E-state index in [2.05, 4.69) is 93.6 Å². The molecule has 0 aliphatic heterocycles. The number of aromatic nitrogens is 4. The molecule has 2 heterocycles. The monoisotopic (exact) mass is 481 g/mol. The lowest BCUT2D eigenvalue weighted by atomic mass is 10.1. The highest BCUT2D eigenvalue weighted by atomic mass is 28.3. The topological polar surface area (TPSA) is 55.6 Å². The van der Waals surface area contributed by atoms with Crippen LogP contribution in [0.15, 0.2) is 67.3 Å². The Morgan fingerprint density at radius 1 is 0.914 bits per heavy atom. The SMILES string of the molecule is CC(C)[Si](C#Cc1ccc2nc(-n3ccnc3)nc(NCc3ccccc3)c2c1)(C(C)C)C(C)C. The van der Waals surface area contributed by atoms with Gasteiger partial charge < -0.3 is 5.32 Å². The van der Waals surface area contributed by atoms with Crippen LogP contribution in [0, 0.1) is 11.5 Å². The van der Waals surface area contributed by atoms with Crippen molar-refractivity contribution in [3.63, 3.8) is 0 Å². The second-order valence-corrected chi connectivity index (χ2v) is 15.6. The van der Waals surface area contributed by atoms with Gasteiger partial charge in [-0.3, -0.25) is 4.57 Å². The molecule has 2 aromatic carbocycles. The largest absolute Gasteiger partial charge is 0.365 e. The van der Waals surface area contributed by atoms with Crippen molar-refractivity contribution in [1.29, 1.82) is 0 Å². The molecule has 0 amide bonds. The van der Waals surface area contributed by atoms with Gasteiger partial charge in [0, 0.05) is 29.9 Å². The van der Waals surface area contributed by atoms with Crippen LogP contribution in [0.4, 0.5) is 5.82 Å². The minimum Gasteiger partial charge on any atom is -0.365 e. The van der Waals surface area contributed by atoms with Gasteiger partial charge in [-0.1, -0.05) is 77.8 Å². The average molecular weight is 482 g/mol. The van der Waals surface area contributed by atoms with Crippen LogP contribution in [0.1, 0.15) is 52.7 Å². The molecular weight excluding hydrogens is 446 g/mol. The van der Waals surface area contributed by atoms with Crippen LogP contribution in [-0.2, 0) is 6.54 Å². The molecule has 0 aliphatic carbocycles. The standard InChI is InChI=1S/C29H35N5Si/c1-21(2)35(22(3)4,23(5)6)17-14-24-12-13-27-26(18-24)28(31-19-25-10-8-7-9-11-25)33-29(32-27)34-16-15-30-20-34/h7-13,15-16,18,20-23H,19H2,1-6H3,(H,31,32,33). The highest BCUT2D eigenvalue weighted by Crippen LogP contribution is 2.40. The third kappa shape index (κ3) is 5.15. The summed E-state index contributed by atoms with van der Waals surface area (Å²) in [5, 5.41) is 4.51. The fraction of sp³-hybridized carbons (Fsp3) is 0.345. The van der Waals surface area contributed by atoms with Crippen molar-refractivity contribution in [1.82, 2.24) is 19.5 Å². The van der Waals surface area contributed by atoms with Crippen LogP contribution >= 0.6 is 0 Å². The zero-order valence-electron chi connectivity index (χ0n) is 21.6. The molecule has 35 heavy (non-hydrogen) atoms. The van der Waals surface area contributed by atoms with Gasteiger partial charge in [0.2, 0.25) is 5.95 Å². The first kappa shape index (κ1) is 24.7. The molecule has 0 unspecified atom stereocenters. The minimum atomic E-state index is -1.81. The van der Waals surface area contributed by atoms with Gasteiger partial charge in [0.15, 0.2) is 0 Å². The second-order valence-electron chi connectivity index (χ2n) is 10.1. The maximum atomic E-state index is 4.85. The van der Waals surface area contributed by atoms with E-state index in [1.54, 1.807) is 12.5 Å². The lowest BCUT2D eigenvalue weighted by Gasteiger charge is -2.38. The first-order chi connectivity index (χ1) is 16.8. The Hall–Kier alpha value is -3.43. The summed E-state index contributed by atoms with van der Waals surface area (Å²) in [6.07, 6.45) is 5.31. The zero-order chi connectivity index (χ0) is 25.0. The second kappa shape index (κ2) is 10.5. The van der Waals surface area contributed by atoms with Crippen LogP contribution in [0.5, 0.6) is 0 Å². The van der Waals surface area contributed by atoms with Gasteiger partial charge in [0.05, 0.1) is 5.52 Å². The van der Waals surface area contributed by atoms with E-state index in [-0.39, 0.29) is 0 Å². The maximum Gasteiger partial charge on any atom is 0.237 e. The molecule has 2 aromatic heterocycles. The number of nitrogens with zero attached hydrogens (tertiary/aromatic N) is 4. The Bertz CT molecular complexity index is 1310. The third-order valence-electron chi connectivity index (χ3n) is 7.01.